The Hall–Kier alpha value is -2.83. The van der Waals surface area contributed by atoms with E-state index in [0.717, 1.165) is 11.1 Å². The predicted octanol–water partition coefficient (Wildman–Crippen LogP) is 5.69. The molecule has 0 fully saturated rings. The van der Waals surface area contributed by atoms with Gasteiger partial charge >= 0.3 is 0 Å². The van der Waals surface area contributed by atoms with Crippen LogP contribution in [0, 0.1) is 10.1 Å². The van der Waals surface area contributed by atoms with Gasteiger partial charge in [0.15, 0.2) is 5.82 Å². The highest BCUT2D eigenvalue weighted by Gasteiger charge is 2.13. The molecule has 1 aromatic heterocycles. The average molecular weight is 398 g/mol. The lowest BCUT2D eigenvalue weighted by Crippen LogP contribution is -2.18. The van der Waals surface area contributed by atoms with E-state index in [0.29, 0.717) is 23.7 Å². The van der Waals surface area contributed by atoms with E-state index in [1.54, 1.807) is 18.2 Å². The van der Waals surface area contributed by atoms with Gasteiger partial charge in [-0.1, -0.05) is 41.9 Å². The van der Waals surface area contributed by atoms with E-state index >= 15 is 0 Å². The highest BCUT2D eigenvalue weighted by atomic mass is 35.5. The van der Waals surface area contributed by atoms with Gasteiger partial charge in [-0.2, -0.15) is 0 Å². The van der Waals surface area contributed by atoms with Gasteiger partial charge < -0.3 is 4.74 Å². The van der Waals surface area contributed by atoms with Gasteiger partial charge in [0.2, 0.25) is 0 Å². The third-order valence-electron chi connectivity index (χ3n) is 3.90. The van der Waals surface area contributed by atoms with Gasteiger partial charge in [-0.05, 0) is 32.4 Å². The normalized spacial score (nSPS) is 11.4. The van der Waals surface area contributed by atoms with Crippen molar-refractivity contribution < 1.29 is 9.66 Å². The molecular formula is C21H20ClN3O3. The van der Waals surface area contributed by atoms with Crippen LogP contribution in [0.15, 0.2) is 54.6 Å². The molecule has 0 atom stereocenters. The number of non-ortho nitro benzene ring substituents is 1. The maximum absolute atomic E-state index is 11.0. The van der Waals surface area contributed by atoms with Crippen LogP contribution in [0.1, 0.15) is 26.3 Å². The van der Waals surface area contributed by atoms with E-state index < -0.39 is 4.92 Å². The lowest BCUT2D eigenvalue weighted by molar-refractivity contribution is -0.384. The maximum Gasteiger partial charge on any atom is 0.270 e. The Morgan fingerprint density at radius 2 is 1.75 bits per heavy atom. The molecule has 0 N–H and O–H groups in total. The molecule has 0 radical (unpaired) electrons. The van der Waals surface area contributed by atoms with Crippen LogP contribution in [-0.2, 0) is 11.3 Å². The zero-order valence-corrected chi connectivity index (χ0v) is 16.6. The summed E-state index contributed by atoms with van der Waals surface area (Å²) in [6.07, 6.45) is 0. The molecule has 28 heavy (non-hydrogen) atoms. The molecule has 3 aromatic rings. The van der Waals surface area contributed by atoms with Crippen molar-refractivity contribution in [3.05, 3.63) is 75.4 Å². The SMILES string of the molecule is CC(C)(C)OCc1cccc(-c2cc(Cl)nc(-c3cccc([N+](=O)[O-])c3)n2)c1. The van der Waals surface area contributed by atoms with E-state index in [1.165, 1.54) is 12.1 Å². The molecule has 0 aliphatic carbocycles. The summed E-state index contributed by atoms with van der Waals surface area (Å²) in [5.74, 6) is 0.336. The highest BCUT2D eigenvalue weighted by molar-refractivity contribution is 6.29. The van der Waals surface area contributed by atoms with E-state index in [2.05, 4.69) is 9.97 Å². The first-order chi connectivity index (χ1) is 13.2. The van der Waals surface area contributed by atoms with Crippen LogP contribution in [0.5, 0.6) is 0 Å². The Kier molecular flexibility index (Phi) is 5.72. The maximum atomic E-state index is 11.0. The zero-order valence-electron chi connectivity index (χ0n) is 15.8. The van der Waals surface area contributed by atoms with Crippen molar-refractivity contribution in [2.45, 2.75) is 33.0 Å². The number of aromatic nitrogens is 2. The van der Waals surface area contributed by atoms with Crippen molar-refractivity contribution >= 4 is 17.3 Å². The van der Waals surface area contributed by atoms with Gasteiger partial charge in [0.1, 0.15) is 5.15 Å². The molecule has 0 aliphatic heterocycles. The number of hydrogen-bond donors (Lipinski definition) is 0. The Balaban J connectivity index is 1.96. The standard InChI is InChI=1S/C21H20ClN3O3/c1-21(2,3)28-13-14-6-4-7-15(10-14)18-12-19(22)24-20(23-18)16-8-5-9-17(11-16)25(26)27/h4-12H,13H2,1-3H3. The molecule has 1 heterocycles. The summed E-state index contributed by atoms with van der Waals surface area (Å²) in [7, 11) is 0. The average Bonchev–Trinajstić information content (AvgIpc) is 2.66. The third kappa shape index (κ3) is 5.12. The molecule has 0 unspecified atom stereocenters. The van der Waals surface area contributed by atoms with Crippen molar-refractivity contribution in [2.75, 3.05) is 0 Å². The van der Waals surface area contributed by atoms with Crippen LogP contribution in [0.3, 0.4) is 0 Å². The number of hydrogen-bond acceptors (Lipinski definition) is 5. The van der Waals surface area contributed by atoms with E-state index in [1.807, 2.05) is 45.0 Å². The second kappa shape index (κ2) is 8.04. The monoisotopic (exact) mass is 397 g/mol. The fourth-order valence-electron chi connectivity index (χ4n) is 2.57. The van der Waals surface area contributed by atoms with Crippen LogP contribution in [-0.4, -0.2) is 20.5 Å². The number of nitrogens with zero attached hydrogens (tertiary/aromatic N) is 3. The summed E-state index contributed by atoms with van der Waals surface area (Å²) in [5, 5.41) is 11.3. The van der Waals surface area contributed by atoms with Crippen molar-refractivity contribution in [1.82, 2.24) is 9.97 Å². The summed E-state index contributed by atoms with van der Waals surface area (Å²) in [6, 6.07) is 15.7. The van der Waals surface area contributed by atoms with Gasteiger partial charge in [0.05, 0.1) is 22.8 Å². The van der Waals surface area contributed by atoms with E-state index in [4.69, 9.17) is 16.3 Å². The van der Waals surface area contributed by atoms with Crippen LogP contribution < -0.4 is 0 Å². The molecule has 0 spiro atoms. The zero-order chi connectivity index (χ0) is 20.3. The van der Waals surface area contributed by atoms with Crippen molar-refractivity contribution in [1.29, 1.82) is 0 Å². The molecular weight excluding hydrogens is 378 g/mol. The summed E-state index contributed by atoms with van der Waals surface area (Å²) in [4.78, 5) is 19.4. The number of rotatable bonds is 5. The molecule has 0 aliphatic rings. The minimum atomic E-state index is -0.451. The van der Waals surface area contributed by atoms with Crippen LogP contribution in [0.2, 0.25) is 5.15 Å². The third-order valence-corrected chi connectivity index (χ3v) is 4.10. The van der Waals surface area contributed by atoms with Gasteiger partial charge in [-0.25, -0.2) is 9.97 Å². The molecule has 2 aromatic carbocycles. The lowest BCUT2D eigenvalue weighted by atomic mass is 10.1. The number of halogens is 1. The Bertz CT molecular complexity index is 1020. The smallest absolute Gasteiger partial charge is 0.270 e. The molecule has 144 valence electrons. The second-order valence-electron chi connectivity index (χ2n) is 7.31. The van der Waals surface area contributed by atoms with E-state index in [-0.39, 0.29) is 16.4 Å². The molecule has 7 heteroatoms. The molecule has 6 nitrogen and oxygen atoms in total. The van der Waals surface area contributed by atoms with Gasteiger partial charge in [-0.3, -0.25) is 10.1 Å². The summed E-state index contributed by atoms with van der Waals surface area (Å²) in [6.45, 7) is 6.50. The Labute approximate surface area is 168 Å². The van der Waals surface area contributed by atoms with E-state index in [9.17, 15) is 10.1 Å². The molecule has 0 saturated carbocycles. The second-order valence-corrected chi connectivity index (χ2v) is 7.70. The van der Waals surface area contributed by atoms with Crippen molar-refractivity contribution in [2.24, 2.45) is 0 Å². The highest BCUT2D eigenvalue weighted by Crippen LogP contribution is 2.27. The van der Waals surface area contributed by atoms with Crippen LogP contribution in [0.4, 0.5) is 5.69 Å². The number of nitro benzene ring substituents is 1. The molecule has 0 amide bonds. The minimum absolute atomic E-state index is 0.0241. The summed E-state index contributed by atoms with van der Waals surface area (Å²) >= 11 is 6.20. The Morgan fingerprint density at radius 1 is 1.04 bits per heavy atom. The molecule has 0 bridgehead atoms. The first kappa shape index (κ1) is 19.9. The first-order valence-electron chi connectivity index (χ1n) is 8.74. The summed E-state index contributed by atoms with van der Waals surface area (Å²) < 4.78 is 5.84. The van der Waals surface area contributed by atoms with Gasteiger partial charge in [0.25, 0.3) is 5.69 Å². The first-order valence-corrected chi connectivity index (χ1v) is 9.12. The predicted molar refractivity (Wildman–Crippen MR) is 109 cm³/mol. The fourth-order valence-corrected chi connectivity index (χ4v) is 2.76. The van der Waals surface area contributed by atoms with Crippen molar-refractivity contribution in [3.63, 3.8) is 0 Å². The number of nitro groups is 1. The fraction of sp³-hybridized carbons (Fsp3) is 0.238. The topological polar surface area (TPSA) is 78.2 Å². The molecule has 0 saturated heterocycles. The molecule has 3 rings (SSSR count). The number of benzene rings is 2. The van der Waals surface area contributed by atoms with Gasteiger partial charge in [-0.15, -0.1) is 0 Å². The number of ether oxygens (including phenoxy) is 1. The van der Waals surface area contributed by atoms with Gasteiger partial charge in [0, 0.05) is 29.3 Å². The van der Waals surface area contributed by atoms with Crippen LogP contribution in [0.25, 0.3) is 22.6 Å². The summed E-state index contributed by atoms with van der Waals surface area (Å²) in [5.41, 5.74) is 2.79. The largest absolute Gasteiger partial charge is 0.371 e. The Morgan fingerprint density at radius 3 is 2.46 bits per heavy atom. The lowest BCUT2D eigenvalue weighted by Gasteiger charge is -2.19. The quantitative estimate of drug-likeness (QED) is 0.314. The minimum Gasteiger partial charge on any atom is -0.371 e. The van der Waals surface area contributed by atoms with Crippen molar-refractivity contribution in [3.8, 4) is 22.6 Å². The van der Waals surface area contributed by atoms with Crippen LogP contribution >= 0.6 is 11.6 Å².